The minimum Gasteiger partial charge on any atom is -0.481 e. The molecule has 2 amide bonds. The number of nitrogens with two attached hydrogens (primary N) is 1. The minimum atomic E-state index is -0.632. The number of carbonyl (C=O) groups excluding carboxylic acids is 2. The topological polar surface area (TPSA) is 72.6 Å². The first-order chi connectivity index (χ1) is 11.5. The average molecular weight is 330 g/mol. The van der Waals surface area contributed by atoms with Crippen molar-refractivity contribution >= 4 is 11.8 Å². The van der Waals surface area contributed by atoms with E-state index < -0.39 is 18.1 Å². The molecule has 2 fully saturated rings. The molecule has 3 rings (SSSR count). The maximum absolute atomic E-state index is 12.9. The Morgan fingerprint density at radius 3 is 2.33 bits per heavy atom. The molecular weight excluding hydrogens is 304 g/mol. The molecule has 2 saturated carbocycles. The van der Waals surface area contributed by atoms with Crippen molar-refractivity contribution in [3.05, 3.63) is 29.8 Å². The molecule has 2 aliphatic rings. The van der Waals surface area contributed by atoms with E-state index >= 15 is 0 Å². The summed E-state index contributed by atoms with van der Waals surface area (Å²) in [4.78, 5) is 26.6. The number of carbonyl (C=O) groups is 2. The van der Waals surface area contributed by atoms with E-state index in [1.165, 1.54) is 0 Å². The quantitative estimate of drug-likeness (QED) is 0.794. The Kier molecular flexibility index (Phi) is 4.78. The molecule has 0 saturated heterocycles. The van der Waals surface area contributed by atoms with Crippen LogP contribution in [0.1, 0.15) is 38.2 Å². The summed E-state index contributed by atoms with van der Waals surface area (Å²) in [6.45, 7) is 4.36. The third kappa shape index (κ3) is 4.08. The van der Waals surface area contributed by atoms with Crippen LogP contribution in [0.2, 0.25) is 0 Å². The molecule has 1 aromatic carbocycles. The van der Waals surface area contributed by atoms with Gasteiger partial charge in [-0.15, -0.1) is 0 Å². The molecule has 5 nitrogen and oxygen atoms in total. The molecule has 2 atom stereocenters. The lowest BCUT2D eigenvalue weighted by Gasteiger charge is -2.32. The van der Waals surface area contributed by atoms with Crippen LogP contribution in [0.3, 0.4) is 0 Å². The summed E-state index contributed by atoms with van der Waals surface area (Å²) in [7, 11) is 0. The molecule has 5 heteroatoms. The fourth-order valence-electron chi connectivity index (χ4n) is 3.08. The van der Waals surface area contributed by atoms with Gasteiger partial charge in [0.25, 0.3) is 5.91 Å². The predicted octanol–water partition coefficient (Wildman–Crippen LogP) is 2.26. The molecule has 2 unspecified atom stereocenters. The van der Waals surface area contributed by atoms with Gasteiger partial charge in [0.2, 0.25) is 5.91 Å². The number of rotatable bonds is 8. The third-order valence-electron chi connectivity index (χ3n) is 4.81. The maximum atomic E-state index is 12.9. The van der Waals surface area contributed by atoms with Crippen LogP contribution in [0, 0.1) is 18.8 Å². The molecular formula is C19H26N2O3. The van der Waals surface area contributed by atoms with Crippen molar-refractivity contribution in [2.24, 2.45) is 17.6 Å². The van der Waals surface area contributed by atoms with Gasteiger partial charge in [0.05, 0.1) is 0 Å². The molecule has 130 valence electrons. The normalized spacial score (nSPS) is 19.4. The standard InChI is InChI=1S/C19H26N2O3/c1-12-3-9-16(10-4-12)24-13(2)19(23)21(11-14-5-6-14)17(18(20)22)15-7-8-15/h3-4,9-10,13-15,17H,5-8,11H2,1-2H3,(H2,20,22). The van der Waals surface area contributed by atoms with Gasteiger partial charge in [-0.1, -0.05) is 17.7 Å². The molecule has 1 aromatic rings. The molecule has 0 aromatic heterocycles. The fraction of sp³-hybridized carbons (Fsp3) is 0.579. The first-order valence-electron chi connectivity index (χ1n) is 8.79. The van der Waals surface area contributed by atoms with Gasteiger partial charge in [-0.2, -0.15) is 0 Å². The first kappa shape index (κ1) is 16.8. The van der Waals surface area contributed by atoms with Crippen molar-refractivity contribution in [1.82, 2.24) is 4.90 Å². The fourth-order valence-corrected chi connectivity index (χ4v) is 3.08. The summed E-state index contributed by atoms with van der Waals surface area (Å²) >= 11 is 0. The Balaban J connectivity index is 1.71. The van der Waals surface area contributed by atoms with Crippen molar-refractivity contribution in [3.63, 3.8) is 0 Å². The van der Waals surface area contributed by atoms with E-state index in [1.54, 1.807) is 11.8 Å². The number of amides is 2. The van der Waals surface area contributed by atoms with Gasteiger partial charge in [0, 0.05) is 6.54 Å². The number of primary amides is 1. The van der Waals surface area contributed by atoms with E-state index in [1.807, 2.05) is 31.2 Å². The lowest BCUT2D eigenvalue weighted by atomic mass is 10.1. The highest BCUT2D eigenvalue weighted by Gasteiger charge is 2.44. The Morgan fingerprint density at radius 1 is 1.21 bits per heavy atom. The molecule has 0 spiro atoms. The monoisotopic (exact) mass is 330 g/mol. The largest absolute Gasteiger partial charge is 0.481 e. The van der Waals surface area contributed by atoms with Crippen LogP contribution in [-0.2, 0) is 9.59 Å². The van der Waals surface area contributed by atoms with E-state index in [0.717, 1.165) is 31.2 Å². The lowest BCUT2D eigenvalue weighted by Crippen LogP contribution is -2.53. The van der Waals surface area contributed by atoms with E-state index in [2.05, 4.69) is 0 Å². The van der Waals surface area contributed by atoms with Gasteiger partial charge >= 0.3 is 0 Å². The molecule has 0 heterocycles. The number of nitrogens with zero attached hydrogens (tertiary/aromatic N) is 1. The molecule has 2 N–H and O–H groups in total. The van der Waals surface area contributed by atoms with Crippen molar-refractivity contribution in [3.8, 4) is 5.75 Å². The first-order valence-corrected chi connectivity index (χ1v) is 8.79. The zero-order valence-corrected chi connectivity index (χ0v) is 14.4. The third-order valence-corrected chi connectivity index (χ3v) is 4.81. The lowest BCUT2D eigenvalue weighted by molar-refractivity contribution is -0.145. The summed E-state index contributed by atoms with van der Waals surface area (Å²) in [6, 6.07) is 7.13. The second-order valence-corrected chi connectivity index (χ2v) is 7.19. The van der Waals surface area contributed by atoms with Crippen LogP contribution in [0.15, 0.2) is 24.3 Å². The molecule has 2 aliphatic carbocycles. The van der Waals surface area contributed by atoms with E-state index in [4.69, 9.17) is 10.5 Å². The number of hydrogen-bond acceptors (Lipinski definition) is 3. The SMILES string of the molecule is Cc1ccc(OC(C)C(=O)N(CC2CC2)C(C(N)=O)C2CC2)cc1. The maximum Gasteiger partial charge on any atom is 0.264 e. The molecule has 24 heavy (non-hydrogen) atoms. The van der Waals surface area contributed by atoms with E-state index in [0.29, 0.717) is 18.2 Å². The van der Waals surface area contributed by atoms with E-state index in [-0.39, 0.29) is 11.8 Å². The summed E-state index contributed by atoms with van der Waals surface area (Å²) in [6.07, 6.45) is 3.54. The Morgan fingerprint density at radius 2 is 1.83 bits per heavy atom. The zero-order valence-electron chi connectivity index (χ0n) is 14.4. The van der Waals surface area contributed by atoms with Crippen molar-refractivity contribution in [2.45, 2.75) is 51.7 Å². The summed E-state index contributed by atoms with van der Waals surface area (Å²) in [5, 5.41) is 0. The van der Waals surface area contributed by atoms with Gasteiger partial charge < -0.3 is 15.4 Å². The van der Waals surface area contributed by atoms with Crippen molar-refractivity contribution in [2.75, 3.05) is 6.54 Å². The Bertz CT molecular complexity index is 606. The zero-order chi connectivity index (χ0) is 17.3. The van der Waals surface area contributed by atoms with Crippen LogP contribution >= 0.6 is 0 Å². The van der Waals surface area contributed by atoms with Crippen LogP contribution < -0.4 is 10.5 Å². The Hall–Kier alpha value is -2.04. The predicted molar refractivity (Wildman–Crippen MR) is 91.4 cm³/mol. The molecule has 0 bridgehead atoms. The highest BCUT2D eigenvalue weighted by Crippen LogP contribution is 2.38. The summed E-state index contributed by atoms with van der Waals surface area (Å²) in [5.74, 6) is 0.847. The summed E-state index contributed by atoms with van der Waals surface area (Å²) < 4.78 is 5.80. The second kappa shape index (κ2) is 6.83. The van der Waals surface area contributed by atoms with Gasteiger partial charge in [0.15, 0.2) is 6.10 Å². The van der Waals surface area contributed by atoms with Crippen LogP contribution in [-0.4, -0.2) is 35.4 Å². The summed E-state index contributed by atoms with van der Waals surface area (Å²) in [5.41, 5.74) is 6.75. The van der Waals surface area contributed by atoms with Gasteiger partial charge in [-0.3, -0.25) is 9.59 Å². The van der Waals surface area contributed by atoms with E-state index in [9.17, 15) is 9.59 Å². The van der Waals surface area contributed by atoms with Crippen molar-refractivity contribution < 1.29 is 14.3 Å². The Labute approximate surface area is 143 Å². The number of ether oxygens (including phenoxy) is 1. The van der Waals surface area contributed by atoms with Crippen LogP contribution in [0.4, 0.5) is 0 Å². The second-order valence-electron chi connectivity index (χ2n) is 7.19. The number of hydrogen-bond donors (Lipinski definition) is 1. The number of aryl methyl sites for hydroxylation is 1. The van der Waals surface area contributed by atoms with Crippen LogP contribution in [0.5, 0.6) is 5.75 Å². The highest BCUT2D eigenvalue weighted by molar-refractivity contribution is 5.89. The highest BCUT2D eigenvalue weighted by atomic mass is 16.5. The molecule has 0 aliphatic heterocycles. The minimum absolute atomic E-state index is 0.141. The van der Waals surface area contributed by atoms with Crippen molar-refractivity contribution in [1.29, 1.82) is 0 Å². The van der Waals surface area contributed by atoms with Gasteiger partial charge in [-0.05, 0) is 63.5 Å². The van der Waals surface area contributed by atoms with Gasteiger partial charge in [0.1, 0.15) is 11.8 Å². The molecule has 0 radical (unpaired) electrons. The number of benzene rings is 1. The smallest absolute Gasteiger partial charge is 0.264 e. The average Bonchev–Trinajstić information content (AvgIpc) is 3.42. The van der Waals surface area contributed by atoms with Crippen LogP contribution in [0.25, 0.3) is 0 Å². The van der Waals surface area contributed by atoms with Gasteiger partial charge in [-0.25, -0.2) is 0 Å².